The number of hydrogen-bond donors (Lipinski definition) is 2. The second-order valence-corrected chi connectivity index (χ2v) is 11.9. The lowest BCUT2D eigenvalue weighted by Gasteiger charge is -2.41. The van der Waals surface area contributed by atoms with E-state index in [1.807, 2.05) is 79.7 Å². The number of amides is 2. The van der Waals surface area contributed by atoms with Crippen LogP contribution in [-0.4, -0.2) is 49.4 Å². The van der Waals surface area contributed by atoms with E-state index in [4.69, 9.17) is 0 Å². The third-order valence-corrected chi connectivity index (χ3v) is 8.97. The minimum atomic E-state index is -1.13. The summed E-state index contributed by atoms with van der Waals surface area (Å²) in [5.41, 5.74) is 6.55. The summed E-state index contributed by atoms with van der Waals surface area (Å²) in [6, 6.07) is 27.0. The monoisotopic (exact) mass is 565 g/mol. The van der Waals surface area contributed by atoms with Gasteiger partial charge in [0.1, 0.15) is 12.1 Å². The molecule has 4 aromatic rings. The van der Waals surface area contributed by atoms with Gasteiger partial charge in [0.05, 0.1) is 18.5 Å². The molecule has 5 atom stereocenters. The van der Waals surface area contributed by atoms with Crippen LogP contribution in [0.1, 0.15) is 22.8 Å². The van der Waals surface area contributed by atoms with Gasteiger partial charge < -0.3 is 10.5 Å². The first kappa shape index (κ1) is 27.1. The molecule has 8 heteroatoms. The van der Waals surface area contributed by atoms with Crippen molar-refractivity contribution in [2.45, 2.75) is 36.6 Å². The standard InChI is InChI=1S/C33H31N3O4S/c1-21-8-3-5-12-26(21)31(37)29-19-18-28-30(36(29)34-24-14-16-25(17-15-24)41(2)40)33(39)35(32(28)38)20-23-11-7-10-22-9-4-6-13-27(22)23/h3-19,28-31,34,37H,20H2,1-2H3/t28-,29-,30+,31-,41?/m1/s1. The molecular weight excluding hydrogens is 534 g/mol. The Kier molecular flexibility index (Phi) is 7.30. The van der Waals surface area contributed by atoms with Crippen molar-refractivity contribution in [1.82, 2.24) is 9.91 Å². The number of nitrogens with zero attached hydrogens (tertiary/aromatic N) is 2. The predicted molar refractivity (Wildman–Crippen MR) is 160 cm³/mol. The van der Waals surface area contributed by atoms with Gasteiger partial charge in [0.15, 0.2) is 0 Å². The molecule has 2 aliphatic heterocycles. The first-order chi connectivity index (χ1) is 19.8. The highest BCUT2D eigenvalue weighted by Crippen LogP contribution is 2.37. The molecule has 0 bridgehead atoms. The van der Waals surface area contributed by atoms with Gasteiger partial charge in [0, 0.05) is 27.6 Å². The molecule has 1 fully saturated rings. The van der Waals surface area contributed by atoms with Gasteiger partial charge in [-0.05, 0) is 58.7 Å². The molecule has 6 rings (SSSR count). The topological polar surface area (TPSA) is 89.9 Å². The fourth-order valence-electron chi connectivity index (χ4n) is 5.86. The molecule has 2 heterocycles. The number of imide groups is 1. The highest BCUT2D eigenvalue weighted by Gasteiger charge is 2.53. The Labute approximate surface area is 241 Å². The van der Waals surface area contributed by atoms with E-state index in [1.54, 1.807) is 41.6 Å². The Morgan fingerprint density at radius 1 is 0.878 bits per heavy atom. The van der Waals surface area contributed by atoms with Gasteiger partial charge in [-0.25, -0.2) is 5.01 Å². The van der Waals surface area contributed by atoms with Crippen LogP contribution in [0.2, 0.25) is 0 Å². The van der Waals surface area contributed by atoms with Crippen LogP contribution in [0.15, 0.2) is 108 Å². The number of carbonyl (C=O) groups excluding carboxylic acids is 2. The average molecular weight is 566 g/mol. The number of benzene rings is 4. The highest BCUT2D eigenvalue weighted by atomic mass is 32.2. The molecule has 0 aliphatic carbocycles. The normalized spacial score (nSPS) is 22.1. The van der Waals surface area contributed by atoms with Crippen LogP contribution in [0.4, 0.5) is 5.69 Å². The van der Waals surface area contributed by atoms with Crippen LogP contribution in [0.5, 0.6) is 0 Å². The highest BCUT2D eigenvalue weighted by molar-refractivity contribution is 7.84. The second-order valence-electron chi connectivity index (χ2n) is 10.5. The molecule has 0 spiro atoms. The van der Waals surface area contributed by atoms with Gasteiger partial charge >= 0.3 is 0 Å². The van der Waals surface area contributed by atoms with E-state index in [0.717, 1.165) is 27.5 Å². The molecule has 0 aromatic heterocycles. The van der Waals surface area contributed by atoms with Crippen molar-refractivity contribution in [3.8, 4) is 0 Å². The molecule has 2 N–H and O–H groups in total. The summed E-state index contributed by atoms with van der Waals surface area (Å²) in [7, 11) is -1.13. The number of aliphatic hydroxyl groups excluding tert-OH is 1. The zero-order valence-electron chi connectivity index (χ0n) is 22.8. The molecule has 0 radical (unpaired) electrons. The molecule has 0 saturated carbocycles. The zero-order chi connectivity index (χ0) is 28.7. The maximum Gasteiger partial charge on any atom is 0.249 e. The summed E-state index contributed by atoms with van der Waals surface area (Å²) in [5, 5.41) is 15.4. The van der Waals surface area contributed by atoms with E-state index in [-0.39, 0.29) is 18.4 Å². The number of likely N-dealkylation sites (tertiary alicyclic amines) is 1. The molecule has 41 heavy (non-hydrogen) atoms. The molecular formula is C33H31N3O4S. The molecule has 7 nitrogen and oxygen atoms in total. The average Bonchev–Trinajstić information content (AvgIpc) is 3.22. The number of anilines is 1. The summed E-state index contributed by atoms with van der Waals surface area (Å²) >= 11 is 0. The number of carbonyl (C=O) groups is 2. The van der Waals surface area contributed by atoms with Crippen molar-refractivity contribution in [3.63, 3.8) is 0 Å². The lowest BCUT2D eigenvalue weighted by atomic mass is 9.89. The van der Waals surface area contributed by atoms with E-state index in [0.29, 0.717) is 10.6 Å². The Balaban J connectivity index is 1.36. The van der Waals surface area contributed by atoms with Crippen molar-refractivity contribution in [1.29, 1.82) is 0 Å². The zero-order valence-corrected chi connectivity index (χ0v) is 23.6. The van der Waals surface area contributed by atoms with Crippen LogP contribution in [0.25, 0.3) is 10.8 Å². The second kappa shape index (κ2) is 11.0. The van der Waals surface area contributed by atoms with E-state index < -0.39 is 34.9 Å². The lowest BCUT2D eigenvalue weighted by Crippen LogP contribution is -2.55. The number of nitrogens with one attached hydrogen (secondary N) is 1. The maximum atomic E-state index is 14.1. The van der Waals surface area contributed by atoms with Crippen LogP contribution >= 0.6 is 0 Å². The molecule has 208 valence electrons. The quantitative estimate of drug-likeness (QED) is 0.249. The van der Waals surface area contributed by atoms with Gasteiger partial charge in [-0.3, -0.25) is 18.7 Å². The number of hydrazine groups is 1. The van der Waals surface area contributed by atoms with Crippen LogP contribution in [0, 0.1) is 12.8 Å². The molecule has 4 aromatic carbocycles. The van der Waals surface area contributed by atoms with Gasteiger partial charge in [0.2, 0.25) is 11.8 Å². The molecule has 1 saturated heterocycles. The fraction of sp³-hybridized carbons (Fsp3) is 0.212. The number of rotatable bonds is 7. The lowest BCUT2D eigenvalue weighted by molar-refractivity contribution is -0.140. The molecule has 2 amide bonds. The van der Waals surface area contributed by atoms with Crippen molar-refractivity contribution in [3.05, 3.63) is 120 Å². The Bertz CT molecular complexity index is 1680. The number of aryl methyl sites for hydroxylation is 1. The van der Waals surface area contributed by atoms with Crippen molar-refractivity contribution < 1.29 is 18.9 Å². The minimum Gasteiger partial charge on any atom is -0.386 e. The third-order valence-electron chi connectivity index (χ3n) is 8.03. The van der Waals surface area contributed by atoms with Crippen molar-refractivity contribution in [2.24, 2.45) is 5.92 Å². The molecule has 1 unspecified atom stereocenters. The molecule has 2 aliphatic rings. The van der Waals surface area contributed by atoms with Gasteiger partial charge in [-0.2, -0.15) is 0 Å². The van der Waals surface area contributed by atoms with Crippen LogP contribution in [-0.2, 0) is 26.9 Å². The van der Waals surface area contributed by atoms with Crippen LogP contribution < -0.4 is 5.43 Å². The van der Waals surface area contributed by atoms with Crippen molar-refractivity contribution in [2.75, 3.05) is 11.7 Å². The van der Waals surface area contributed by atoms with E-state index in [1.165, 1.54) is 4.90 Å². The summed E-state index contributed by atoms with van der Waals surface area (Å²) in [6.07, 6.45) is 4.23. The van der Waals surface area contributed by atoms with Gasteiger partial charge in [-0.15, -0.1) is 0 Å². The fourth-order valence-corrected chi connectivity index (χ4v) is 6.38. The van der Waals surface area contributed by atoms with Crippen molar-refractivity contribution >= 4 is 39.1 Å². The summed E-state index contributed by atoms with van der Waals surface area (Å²) < 4.78 is 11.9. The Morgan fingerprint density at radius 2 is 1.59 bits per heavy atom. The largest absolute Gasteiger partial charge is 0.386 e. The number of aliphatic hydroxyl groups is 1. The first-order valence-corrected chi connectivity index (χ1v) is 15.1. The van der Waals surface area contributed by atoms with E-state index in [2.05, 4.69) is 5.43 Å². The smallest absolute Gasteiger partial charge is 0.249 e. The predicted octanol–water partition coefficient (Wildman–Crippen LogP) is 4.74. The Hall–Kier alpha value is -4.11. The number of fused-ring (bicyclic) bond motifs is 2. The summed E-state index contributed by atoms with van der Waals surface area (Å²) in [5.74, 6) is -1.29. The maximum absolute atomic E-state index is 14.1. The summed E-state index contributed by atoms with van der Waals surface area (Å²) in [4.78, 5) is 29.8. The van der Waals surface area contributed by atoms with Gasteiger partial charge in [-0.1, -0.05) is 78.9 Å². The summed E-state index contributed by atoms with van der Waals surface area (Å²) in [6.45, 7) is 2.10. The van der Waals surface area contributed by atoms with E-state index in [9.17, 15) is 18.9 Å². The van der Waals surface area contributed by atoms with Gasteiger partial charge in [0.25, 0.3) is 0 Å². The van der Waals surface area contributed by atoms with Crippen LogP contribution in [0.3, 0.4) is 0 Å². The number of hydrogen-bond acceptors (Lipinski definition) is 6. The Morgan fingerprint density at radius 3 is 2.34 bits per heavy atom. The van der Waals surface area contributed by atoms with E-state index >= 15 is 0 Å². The SMILES string of the molecule is Cc1ccccc1[C@@H](O)[C@H]1C=C[C@H]2C(=O)N(Cc3cccc4ccccc34)C(=O)[C@H]2N1Nc1ccc(S(C)=O)cc1. The third kappa shape index (κ3) is 4.99. The first-order valence-electron chi connectivity index (χ1n) is 13.6. The minimum absolute atomic E-state index is 0.162.